The molecule has 0 unspecified atom stereocenters. The fourth-order valence-electron chi connectivity index (χ4n) is 2.04. The van der Waals surface area contributed by atoms with Gasteiger partial charge in [-0.05, 0) is 31.2 Å². The van der Waals surface area contributed by atoms with Crippen LogP contribution in [0.1, 0.15) is 12.6 Å². The highest BCUT2D eigenvalue weighted by atomic mass is 32.2. The molecule has 134 valence electrons. The third-order valence-electron chi connectivity index (χ3n) is 3.23. The summed E-state index contributed by atoms with van der Waals surface area (Å²) in [4.78, 5) is 8.90. The molecule has 2 rings (SSSR count). The first-order valence-electron chi connectivity index (χ1n) is 8.08. The molecule has 3 N–H and O–H groups in total. The quantitative estimate of drug-likeness (QED) is 0.372. The summed E-state index contributed by atoms with van der Waals surface area (Å²) in [5, 5.41) is 6.22. The molecule has 0 fully saturated rings. The van der Waals surface area contributed by atoms with Gasteiger partial charge in [0.05, 0.1) is 17.1 Å². The van der Waals surface area contributed by atoms with Gasteiger partial charge >= 0.3 is 0 Å². The van der Waals surface area contributed by atoms with Crippen molar-refractivity contribution in [1.29, 1.82) is 0 Å². The molecule has 0 radical (unpaired) electrons. The fourth-order valence-corrected chi connectivity index (χ4v) is 3.10. The van der Waals surface area contributed by atoms with E-state index < -0.39 is 10.0 Å². The minimum absolute atomic E-state index is 0.255. The lowest BCUT2D eigenvalue weighted by atomic mass is 10.3. The first-order valence-corrected chi connectivity index (χ1v) is 9.57. The van der Waals surface area contributed by atoms with Gasteiger partial charge in [0.15, 0.2) is 5.96 Å². The summed E-state index contributed by atoms with van der Waals surface area (Å²) < 4.78 is 26.8. The number of rotatable bonds is 8. The third-order valence-corrected chi connectivity index (χ3v) is 4.71. The standard InChI is InChI=1S/C17H23N5O2S/c1-2-18-17(21-14-15-8-6-7-11-19-15)20-12-13-22-25(23,24)16-9-4-3-5-10-16/h3-11,22H,2,12-14H2,1H3,(H2,18,20,21). The van der Waals surface area contributed by atoms with Gasteiger partial charge in [0, 0.05) is 25.8 Å². The Balaban J connectivity index is 1.83. The van der Waals surface area contributed by atoms with E-state index in [0.717, 1.165) is 5.69 Å². The Hall–Kier alpha value is -2.45. The lowest BCUT2D eigenvalue weighted by Gasteiger charge is -2.12. The maximum Gasteiger partial charge on any atom is 0.240 e. The molecule has 0 bridgehead atoms. The molecular weight excluding hydrogens is 338 g/mol. The van der Waals surface area contributed by atoms with Crippen LogP contribution in [0.2, 0.25) is 0 Å². The Morgan fingerprint density at radius 2 is 1.80 bits per heavy atom. The van der Waals surface area contributed by atoms with E-state index in [-0.39, 0.29) is 11.4 Å². The average Bonchev–Trinajstić information content (AvgIpc) is 2.64. The normalized spacial score (nSPS) is 12.0. The number of hydrogen-bond donors (Lipinski definition) is 3. The van der Waals surface area contributed by atoms with Crippen molar-refractivity contribution in [2.24, 2.45) is 4.99 Å². The fraction of sp³-hybridized carbons (Fsp3) is 0.294. The van der Waals surface area contributed by atoms with Crippen molar-refractivity contribution >= 4 is 16.0 Å². The van der Waals surface area contributed by atoms with Crippen molar-refractivity contribution in [2.45, 2.75) is 18.4 Å². The van der Waals surface area contributed by atoms with Crippen LogP contribution in [-0.4, -0.2) is 39.0 Å². The maximum atomic E-state index is 12.1. The zero-order valence-electron chi connectivity index (χ0n) is 14.1. The zero-order chi connectivity index (χ0) is 18.0. The van der Waals surface area contributed by atoms with E-state index in [0.29, 0.717) is 25.6 Å². The molecule has 0 atom stereocenters. The van der Waals surface area contributed by atoms with Gasteiger partial charge < -0.3 is 10.6 Å². The molecule has 0 saturated heterocycles. The molecule has 1 heterocycles. The predicted octanol–water partition coefficient (Wildman–Crippen LogP) is 1.12. The van der Waals surface area contributed by atoms with E-state index in [1.54, 1.807) is 36.5 Å². The minimum atomic E-state index is -3.49. The van der Waals surface area contributed by atoms with Gasteiger partial charge in [-0.15, -0.1) is 0 Å². The van der Waals surface area contributed by atoms with Gasteiger partial charge in [-0.2, -0.15) is 0 Å². The summed E-state index contributed by atoms with van der Waals surface area (Å²) >= 11 is 0. The van der Waals surface area contributed by atoms with Gasteiger partial charge in [0.25, 0.3) is 0 Å². The number of guanidine groups is 1. The second-order valence-corrected chi connectivity index (χ2v) is 6.92. The molecule has 7 nitrogen and oxygen atoms in total. The first-order chi connectivity index (χ1) is 12.1. The smallest absolute Gasteiger partial charge is 0.240 e. The lowest BCUT2D eigenvalue weighted by molar-refractivity contribution is 0.580. The molecule has 0 saturated carbocycles. The van der Waals surface area contributed by atoms with E-state index in [2.05, 4.69) is 25.3 Å². The number of aliphatic imine (C=N–C) groups is 1. The molecule has 0 spiro atoms. The van der Waals surface area contributed by atoms with Crippen molar-refractivity contribution in [2.75, 3.05) is 19.6 Å². The van der Waals surface area contributed by atoms with Crippen LogP contribution in [0.3, 0.4) is 0 Å². The van der Waals surface area contributed by atoms with Crippen molar-refractivity contribution in [3.63, 3.8) is 0 Å². The summed E-state index contributed by atoms with van der Waals surface area (Å²) in [6.45, 7) is 3.80. The van der Waals surface area contributed by atoms with Gasteiger partial charge in [-0.1, -0.05) is 24.3 Å². The number of nitrogens with one attached hydrogen (secondary N) is 3. The monoisotopic (exact) mass is 361 g/mol. The maximum absolute atomic E-state index is 12.1. The SMILES string of the molecule is CCNC(=NCc1ccccn1)NCCNS(=O)(=O)c1ccccc1. The topological polar surface area (TPSA) is 95.5 Å². The van der Waals surface area contributed by atoms with E-state index in [4.69, 9.17) is 0 Å². The highest BCUT2D eigenvalue weighted by Gasteiger charge is 2.11. The molecule has 0 aliphatic rings. The van der Waals surface area contributed by atoms with Gasteiger partial charge in [0.1, 0.15) is 0 Å². The number of benzene rings is 1. The first kappa shape index (κ1) is 18.9. The Morgan fingerprint density at radius 1 is 1.04 bits per heavy atom. The third kappa shape index (κ3) is 6.52. The second-order valence-electron chi connectivity index (χ2n) is 5.15. The van der Waals surface area contributed by atoms with Crippen LogP contribution < -0.4 is 15.4 Å². The number of aromatic nitrogens is 1. The van der Waals surface area contributed by atoms with E-state index in [1.165, 1.54) is 0 Å². The highest BCUT2D eigenvalue weighted by molar-refractivity contribution is 7.89. The highest BCUT2D eigenvalue weighted by Crippen LogP contribution is 2.06. The van der Waals surface area contributed by atoms with Crippen LogP contribution in [0.25, 0.3) is 0 Å². The number of sulfonamides is 1. The lowest BCUT2D eigenvalue weighted by Crippen LogP contribution is -2.41. The van der Waals surface area contributed by atoms with Gasteiger partial charge in [-0.3, -0.25) is 4.98 Å². The molecule has 1 aromatic carbocycles. The molecule has 8 heteroatoms. The number of nitrogens with zero attached hydrogens (tertiary/aromatic N) is 2. The van der Waals surface area contributed by atoms with E-state index in [1.807, 2.05) is 25.1 Å². The van der Waals surface area contributed by atoms with Crippen molar-refractivity contribution in [1.82, 2.24) is 20.3 Å². The summed E-state index contributed by atoms with van der Waals surface area (Å²) in [5.74, 6) is 0.618. The van der Waals surface area contributed by atoms with Gasteiger partial charge in [0.2, 0.25) is 10.0 Å². The zero-order valence-corrected chi connectivity index (χ0v) is 15.0. The molecule has 0 aliphatic carbocycles. The van der Waals surface area contributed by atoms with Crippen LogP contribution in [0.15, 0.2) is 64.6 Å². The van der Waals surface area contributed by atoms with Crippen molar-refractivity contribution in [3.8, 4) is 0 Å². The molecule has 1 aromatic heterocycles. The van der Waals surface area contributed by atoms with Crippen LogP contribution in [0.4, 0.5) is 0 Å². The molecule has 2 aromatic rings. The summed E-state index contributed by atoms with van der Waals surface area (Å²) in [5.41, 5.74) is 0.865. The van der Waals surface area contributed by atoms with Crippen LogP contribution in [-0.2, 0) is 16.6 Å². The van der Waals surface area contributed by atoms with E-state index in [9.17, 15) is 8.42 Å². The van der Waals surface area contributed by atoms with Crippen LogP contribution >= 0.6 is 0 Å². The minimum Gasteiger partial charge on any atom is -0.357 e. The Labute approximate surface area is 148 Å². The summed E-state index contributed by atoms with van der Waals surface area (Å²) in [6.07, 6.45) is 1.73. The van der Waals surface area contributed by atoms with Crippen molar-refractivity contribution < 1.29 is 8.42 Å². The number of pyridine rings is 1. The molecule has 0 aliphatic heterocycles. The molecule has 0 amide bonds. The Kier molecular flexibility index (Phi) is 7.36. The average molecular weight is 361 g/mol. The molecule has 25 heavy (non-hydrogen) atoms. The second kappa shape index (κ2) is 9.75. The summed E-state index contributed by atoms with van der Waals surface area (Å²) in [6, 6.07) is 14.0. The predicted molar refractivity (Wildman–Crippen MR) is 98.7 cm³/mol. The van der Waals surface area contributed by atoms with Crippen molar-refractivity contribution in [3.05, 3.63) is 60.4 Å². The van der Waals surface area contributed by atoms with Crippen LogP contribution in [0, 0.1) is 0 Å². The Morgan fingerprint density at radius 3 is 2.48 bits per heavy atom. The summed E-state index contributed by atoms with van der Waals surface area (Å²) in [7, 11) is -3.49. The number of hydrogen-bond acceptors (Lipinski definition) is 4. The molecular formula is C17H23N5O2S. The van der Waals surface area contributed by atoms with Gasteiger partial charge in [-0.25, -0.2) is 18.1 Å². The largest absolute Gasteiger partial charge is 0.357 e. The Bertz CT molecular complexity index is 764. The van der Waals surface area contributed by atoms with Crippen LogP contribution in [0.5, 0.6) is 0 Å². The van der Waals surface area contributed by atoms with E-state index >= 15 is 0 Å².